The van der Waals surface area contributed by atoms with Crippen LogP contribution in [0.5, 0.6) is 0 Å². The second-order valence-corrected chi connectivity index (χ2v) is 4.05. The number of hydrogen-bond acceptors (Lipinski definition) is 1. The molecule has 3 rings (SSSR count). The lowest BCUT2D eigenvalue weighted by atomic mass is 9.63. The van der Waals surface area contributed by atoms with Crippen LogP contribution in [0.15, 0.2) is 0 Å². The Morgan fingerprint density at radius 1 is 0.889 bits per heavy atom. The van der Waals surface area contributed by atoms with E-state index in [0.29, 0.717) is 0 Å². The summed E-state index contributed by atoms with van der Waals surface area (Å²) in [5.74, 6) is 3.47. The SMILES string of the molecule is OC1C2CC3CC1C3C2. The van der Waals surface area contributed by atoms with Crippen molar-refractivity contribution >= 4 is 0 Å². The second-order valence-electron chi connectivity index (χ2n) is 4.05. The van der Waals surface area contributed by atoms with Crippen LogP contribution in [0.25, 0.3) is 0 Å². The van der Waals surface area contributed by atoms with Crippen LogP contribution in [0, 0.1) is 23.7 Å². The van der Waals surface area contributed by atoms with Crippen molar-refractivity contribution in [1.82, 2.24) is 0 Å². The molecule has 50 valence electrons. The molecule has 5 unspecified atom stereocenters. The zero-order valence-electron chi connectivity index (χ0n) is 5.46. The van der Waals surface area contributed by atoms with E-state index in [0.717, 1.165) is 23.7 Å². The minimum absolute atomic E-state index is 0.111. The van der Waals surface area contributed by atoms with Crippen molar-refractivity contribution in [1.29, 1.82) is 0 Å². The minimum Gasteiger partial charge on any atom is -0.393 e. The van der Waals surface area contributed by atoms with Gasteiger partial charge in [-0.1, -0.05) is 0 Å². The van der Waals surface area contributed by atoms with Crippen LogP contribution >= 0.6 is 0 Å². The fourth-order valence-electron chi connectivity index (χ4n) is 3.35. The molecule has 0 aliphatic heterocycles. The van der Waals surface area contributed by atoms with Crippen LogP contribution in [0.1, 0.15) is 19.3 Å². The molecule has 0 aromatic rings. The van der Waals surface area contributed by atoms with Crippen molar-refractivity contribution in [2.75, 3.05) is 0 Å². The highest BCUT2D eigenvalue weighted by Gasteiger charge is 2.59. The van der Waals surface area contributed by atoms with E-state index in [1.807, 2.05) is 0 Å². The van der Waals surface area contributed by atoms with Gasteiger partial charge in [-0.2, -0.15) is 0 Å². The van der Waals surface area contributed by atoms with Crippen molar-refractivity contribution in [2.45, 2.75) is 25.4 Å². The first-order valence-electron chi connectivity index (χ1n) is 4.04. The van der Waals surface area contributed by atoms with Gasteiger partial charge in [0.05, 0.1) is 6.10 Å². The Morgan fingerprint density at radius 2 is 1.67 bits per heavy atom. The Kier molecular flexibility index (Phi) is 0.628. The monoisotopic (exact) mass is 124 g/mol. The summed E-state index contributed by atoms with van der Waals surface area (Å²) >= 11 is 0. The van der Waals surface area contributed by atoms with Crippen molar-refractivity contribution in [2.24, 2.45) is 23.7 Å². The molecule has 0 aromatic carbocycles. The summed E-state index contributed by atoms with van der Waals surface area (Å²) in [6.07, 6.45) is 4.17. The molecule has 2 bridgehead atoms. The maximum Gasteiger partial charge on any atom is 0.0599 e. The van der Waals surface area contributed by atoms with E-state index >= 15 is 0 Å². The van der Waals surface area contributed by atoms with Crippen molar-refractivity contribution < 1.29 is 5.11 Å². The first-order valence-corrected chi connectivity index (χ1v) is 4.04. The molecule has 1 heteroatoms. The molecule has 0 heterocycles. The summed E-state index contributed by atoms with van der Waals surface area (Å²) < 4.78 is 0. The largest absolute Gasteiger partial charge is 0.393 e. The maximum absolute atomic E-state index is 9.53. The zero-order valence-corrected chi connectivity index (χ0v) is 5.46. The van der Waals surface area contributed by atoms with Gasteiger partial charge in [0.1, 0.15) is 0 Å². The molecule has 3 aliphatic carbocycles. The Morgan fingerprint density at radius 3 is 2.00 bits per heavy atom. The molecular formula is C8H12O. The highest BCUT2D eigenvalue weighted by atomic mass is 16.3. The Balaban J connectivity index is 2.00. The molecule has 3 saturated carbocycles. The van der Waals surface area contributed by atoms with Gasteiger partial charge in [-0.05, 0) is 42.9 Å². The lowest BCUT2D eigenvalue weighted by Gasteiger charge is -2.44. The van der Waals surface area contributed by atoms with Crippen LogP contribution in [0.3, 0.4) is 0 Å². The van der Waals surface area contributed by atoms with E-state index in [4.69, 9.17) is 0 Å². The molecule has 5 atom stereocenters. The average molecular weight is 124 g/mol. The summed E-state index contributed by atoms with van der Waals surface area (Å²) in [5.41, 5.74) is 0. The molecular weight excluding hydrogens is 112 g/mol. The van der Waals surface area contributed by atoms with Crippen LogP contribution in [0.2, 0.25) is 0 Å². The first kappa shape index (κ1) is 4.73. The molecule has 9 heavy (non-hydrogen) atoms. The number of hydrogen-bond donors (Lipinski definition) is 1. The molecule has 3 aliphatic rings. The highest BCUT2D eigenvalue weighted by molar-refractivity contribution is 5.08. The van der Waals surface area contributed by atoms with Gasteiger partial charge in [0, 0.05) is 0 Å². The fourth-order valence-corrected chi connectivity index (χ4v) is 3.35. The van der Waals surface area contributed by atoms with Crippen LogP contribution in [0.4, 0.5) is 0 Å². The molecule has 0 radical (unpaired) electrons. The molecule has 0 aromatic heterocycles. The molecule has 0 amide bonds. The van der Waals surface area contributed by atoms with E-state index in [-0.39, 0.29) is 6.10 Å². The van der Waals surface area contributed by atoms with Gasteiger partial charge in [0.15, 0.2) is 0 Å². The van der Waals surface area contributed by atoms with Gasteiger partial charge in [0.2, 0.25) is 0 Å². The molecule has 1 N–H and O–H groups in total. The number of aliphatic hydroxyl groups excluding tert-OH is 1. The predicted octanol–water partition coefficient (Wildman–Crippen LogP) is 1.02. The summed E-state index contributed by atoms with van der Waals surface area (Å²) in [6.45, 7) is 0. The standard InChI is InChI=1S/C8H12O/c9-8-5-1-4-2-7(8)6(4)3-5/h4-9H,1-3H2. The van der Waals surface area contributed by atoms with Crippen LogP contribution in [-0.2, 0) is 0 Å². The Labute approximate surface area is 55.1 Å². The van der Waals surface area contributed by atoms with E-state index in [2.05, 4.69) is 0 Å². The summed E-state index contributed by atoms with van der Waals surface area (Å²) in [7, 11) is 0. The second kappa shape index (κ2) is 1.20. The van der Waals surface area contributed by atoms with Gasteiger partial charge in [-0.15, -0.1) is 0 Å². The van der Waals surface area contributed by atoms with Gasteiger partial charge in [0.25, 0.3) is 0 Å². The predicted molar refractivity (Wildman–Crippen MR) is 33.8 cm³/mol. The van der Waals surface area contributed by atoms with E-state index in [1.54, 1.807) is 0 Å². The van der Waals surface area contributed by atoms with Crippen molar-refractivity contribution in [3.05, 3.63) is 0 Å². The van der Waals surface area contributed by atoms with Gasteiger partial charge in [-0.25, -0.2) is 0 Å². The number of rotatable bonds is 0. The minimum atomic E-state index is 0.111. The normalized spacial score (nSPS) is 68.3. The maximum atomic E-state index is 9.53. The third-order valence-electron chi connectivity index (χ3n) is 3.83. The summed E-state index contributed by atoms with van der Waals surface area (Å²) in [6, 6.07) is 0. The summed E-state index contributed by atoms with van der Waals surface area (Å²) in [4.78, 5) is 0. The topological polar surface area (TPSA) is 20.2 Å². The van der Waals surface area contributed by atoms with E-state index in [1.165, 1.54) is 19.3 Å². The molecule has 3 fully saturated rings. The van der Waals surface area contributed by atoms with Crippen LogP contribution < -0.4 is 0 Å². The third kappa shape index (κ3) is 0.362. The smallest absolute Gasteiger partial charge is 0.0599 e. The third-order valence-corrected chi connectivity index (χ3v) is 3.83. The molecule has 0 spiro atoms. The van der Waals surface area contributed by atoms with Crippen molar-refractivity contribution in [3.8, 4) is 0 Å². The molecule has 1 nitrogen and oxygen atoms in total. The number of fused-ring (bicyclic) bond motifs is 1. The zero-order chi connectivity index (χ0) is 6.01. The quantitative estimate of drug-likeness (QED) is 0.511. The lowest BCUT2D eigenvalue weighted by Crippen LogP contribution is -2.42. The van der Waals surface area contributed by atoms with E-state index in [9.17, 15) is 5.11 Å². The Bertz CT molecular complexity index is 144. The summed E-state index contributed by atoms with van der Waals surface area (Å²) in [5, 5.41) is 9.53. The first-order chi connectivity index (χ1) is 4.36. The van der Waals surface area contributed by atoms with Gasteiger partial charge in [-0.3, -0.25) is 0 Å². The van der Waals surface area contributed by atoms with Crippen LogP contribution in [-0.4, -0.2) is 11.2 Å². The molecule has 0 saturated heterocycles. The highest BCUT2D eigenvalue weighted by Crippen LogP contribution is 2.63. The fraction of sp³-hybridized carbons (Fsp3) is 1.00. The van der Waals surface area contributed by atoms with Crippen molar-refractivity contribution in [3.63, 3.8) is 0 Å². The van der Waals surface area contributed by atoms with E-state index < -0.39 is 0 Å². The van der Waals surface area contributed by atoms with Gasteiger partial charge >= 0.3 is 0 Å². The Hall–Kier alpha value is -0.0400. The van der Waals surface area contributed by atoms with Gasteiger partial charge < -0.3 is 5.11 Å². The number of aliphatic hydroxyl groups is 1. The lowest BCUT2D eigenvalue weighted by molar-refractivity contribution is -0.0395. The average Bonchev–Trinajstić information content (AvgIpc) is 2.20.